The van der Waals surface area contributed by atoms with Crippen molar-refractivity contribution in [2.24, 2.45) is 5.92 Å². The van der Waals surface area contributed by atoms with Gasteiger partial charge in [0.25, 0.3) is 10.1 Å². The Morgan fingerprint density at radius 2 is 1.76 bits per heavy atom. The largest absolute Gasteiger partial charge is 0.297 e. The standard InChI is InChI=1S/C15H29O4S2/c1-3-20(4-2)11-7-8-12-21(17,18)19-13-15(16)14-9-5-6-10-14/h14H,3-13H2,1-2H3/q+1. The van der Waals surface area contributed by atoms with Crippen LogP contribution in [0.2, 0.25) is 0 Å². The van der Waals surface area contributed by atoms with Crippen molar-refractivity contribution in [3.63, 3.8) is 0 Å². The number of rotatable bonds is 11. The van der Waals surface area contributed by atoms with Crippen molar-refractivity contribution < 1.29 is 17.4 Å². The molecule has 0 aromatic carbocycles. The van der Waals surface area contributed by atoms with E-state index in [-0.39, 0.29) is 24.1 Å². The zero-order valence-electron chi connectivity index (χ0n) is 13.3. The first-order valence-electron chi connectivity index (χ1n) is 8.02. The van der Waals surface area contributed by atoms with E-state index in [0.717, 1.165) is 37.9 Å². The number of carbonyl (C=O) groups is 1. The maximum absolute atomic E-state index is 11.8. The first kappa shape index (κ1) is 19.0. The highest BCUT2D eigenvalue weighted by Crippen LogP contribution is 2.25. The van der Waals surface area contributed by atoms with Crippen molar-refractivity contribution in [2.45, 2.75) is 52.4 Å². The van der Waals surface area contributed by atoms with Crippen LogP contribution < -0.4 is 0 Å². The van der Waals surface area contributed by atoms with Crippen LogP contribution in [0.15, 0.2) is 0 Å². The predicted octanol–water partition coefficient (Wildman–Crippen LogP) is 2.53. The van der Waals surface area contributed by atoms with Crippen molar-refractivity contribution in [1.29, 1.82) is 0 Å². The van der Waals surface area contributed by atoms with E-state index in [1.54, 1.807) is 0 Å². The second-order valence-corrected chi connectivity index (χ2v) is 10.1. The summed E-state index contributed by atoms with van der Waals surface area (Å²) in [4.78, 5) is 11.8. The maximum atomic E-state index is 11.8. The lowest BCUT2D eigenvalue weighted by Crippen LogP contribution is -2.22. The number of carbonyl (C=O) groups excluding carboxylic acids is 1. The summed E-state index contributed by atoms with van der Waals surface area (Å²) in [5.74, 6) is 3.47. The third kappa shape index (κ3) is 7.66. The van der Waals surface area contributed by atoms with E-state index in [1.807, 2.05) is 0 Å². The molecule has 0 atom stereocenters. The molecule has 0 aliphatic heterocycles. The summed E-state index contributed by atoms with van der Waals surface area (Å²) < 4.78 is 28.4. The SMILES string of the molecule is CC[S+](CC)CCCCS(=O)(=O)OCC(=O)C1CCCC1. The molecule has 0 amide bonds. The summed E-state index contributed by atoms with van der Waals surface area (Å²) in [5.41, 5.74) is 0. The molecule has 124 valence electrons. The third-order valence-electron chi connectivity index (χ3n) is 4.09. The van der Waals surface area contributed by atoms with Gasteiger partial charge in [-0.25, -0.2) is 0 Å². The van der Waals surface area contributed by atoms with Crippen LogP contribution in [-0.2, 0) is 30.0 Å². The molecule has 1 fully saturated rings. The van der Waals surface area contributed by atoms with Gasteiger partial charge in [-0.05, 0) is 50.4 Å². The van der Waals surface area contributed by atoms with E-state index in [2.05, 4.69) is 13.8 Å². The molecule has 0 unspecified atom stereocenters. The Morgan fingerprint density at radius 3 is 2.33 bits per heavy atom. The second-order valence-electron chi connectivity index (χ2n) is 5.57. The van der Waals surface area contributed by atoms with E-state index >= 15 is 0 Å². The van der Waals surface area contributed by atoms with Gasteiger partial charge in [0.1, 0.15) is 23.9 Å². The maximum Gasteiger partial charge on any atom is 0.267 e. The molecule has 0 bridgehead atoms. The van der Waals surface area contributed by atoms with Crippen LogP contribution in [0.5, 0.6) is 0 Å². The Hall–Kier alpha value is -0.0700. The van der Waals surface area contributed by atoms with E-state index in [0.29, 0.717) is 17.3 Å². The summed E-state index contributed by atoms with van der Waals surface area (Å²) in [6.45, 7) is 4.10. The lowest BCUT2D eigenvalue weighted by atomic mass is 10.0. The Balaban J connectivity index is 2.19. The van der Waals surface area contributed by atoms with Crippen LogP contribution in [0.4, 0.5) is 0 Å². The zero-order valence-corrected chi connectivity index (χ0v) is 14.9. The second kappa shape index (κ2) is 9.85. The molecule has 21 heavy (non-hydrogen) atoms. The van der Waals surface area contributed by atoms with Gasteiger partial charge in [-0.2, -0.15) is 8.42 Å². The zero-order chi connectivity index (χ0) is 15.7. The van der Waals surface area contributed by atoms with Gasteiger partial charge in [0, 0.05) is 5.92 Å². The number of Topliss-reactive ketones (excluding diaryl/α,β-unsaturated/α-hetero) is 1. The van der Waals surface area contributed by atoms with Gasteiger partial charge >= 0.3 is 0 Å². The van der Waals surface area contributed by atoms with Crippen LogP contribution in [0.1, 0.15) is 52.4 Å². The molecule has 0 aromatic heterocycles. The lowest BCUT2D eigenvalue weighted by molar-refractivity contribution is -0.124. The fourth-order valence-electron chi connectivity index (χ4n) is 2.65. The van der Waals surface area contributed by atoms with E-state index < -0.39 is 10.1 Å². The topological polar surface area (TPSA) is 60.4 Å². The van der Waals surface area contributed by atoms with Gasteiger partial charge in [0.2, 0.25) is 0 Å². The summed E-state index contributed by atoms with van der Waals surface area (Å²) in [6, 6.07) is 0. The summed E-state index contributed by atoms with van der Waals surface area (Å²) in [5, 5.41) is 0. The third-order valence-corrected chi connectivity index (χ3v) is 7.85. The molecule has 1 aliphatic carbocycles. The summed E-state index contributed by atoms with van der Waals surface area (Å²) in [6.07, 6.45) is 5.46. The highest BCUT2D eigenvalue weighted by Gasteiger charge is 2.24. The Morgan fingerprint density at radius 1 is 1.14 bits per heavy atom. The van der Waals surface area contributed by atoms with Crippen molar-refractivity contribution >= 4 is 26.8 Å². The van der Waals surface area contributed by atoms with Gasteiger partial charge in [0.05, 0.1) is 5.75 Å². The molecule has 0 heterocycles. The fourth-order valence-corrected chi connectivity index (χ4v) is 5.22. The van der Waals surface area contributed by atoms with Gasteiger partial charge in [-0.1, -0.05) is 12.8 Å². The van der Waals surface area contributed by atoms with Gasteiger partial charge in [-0.3, -0.25) is 8.98 Å². The molecule has 1 rings (SSSR count). The van der Waals surface area contributed by atoms with Gasteiger partial charge < -0.3 is 0 Å². The van der Waals surface area contributed by atoms with Crippen LogP contribution in [0.3, 0.4) is 0 Å². The minimum absolute atomic E-state index is 0.0243. The highest BCUT2D eigenvalue weighted by atomic mass is 32.2. The van der Waals surface area contributed by atoms with Gasteiger partial charge in [0.15, 0.2) is 5.78 Å². The average Bonchev–Trinajstić information content (AvgIpc) is 2.99. The van der Waals surface area contributed by atoms with Crippen LogP contribution in [0.25, 0.3) is 0 Å². The van der Waals surface area contributed by atoms with Crippen LogP contribution in [-0.4, -0.2) is 43.8 Å². The highest BCUT2D eigenvalue weighted by molar-refractivity contribution is 7.96. The van der Waals surface area contributed by atoms with E-state index in [9.17, 15) is 13.2 Å². The first-order chi connectivity index (χ1) is 9.98. The molecule has 4 nitrogen and oxygen atoms in total. The van der Waals surface area contributed by atoms with E-state index in [4.69, 9.17) is 4.18 Å². The number of hydrogen-bond acceptors (Lipinski definition) is 4. The minimum Gasteiger partial charge on any atom is -0.297 e. The fraction of sp³-hybridized carbons (Fsp3) is 0.933. The van der Waals surface area contributed by atoms with Gasteiger partial charge in [-0.15, -0.1) is 0 Å². The normalized spacial score (nSPS) is 16.7. The molecular weight excluding hydrogens is 308 g/mol. The molecule has 0 N–H and O–H groups in total. The Labute approximate surface area is 132 Å². The number of hydrogen-bond donors (Lipinski definition) is 0. The molecule has 0 aromatic rings. The number of unbranched alkanes of at least 4 members (excludes halogenated alkanes) is 1. The molecule has 1 saturated carbocycles. The summed E-state index contributed by atoms with van der Waals surface area (Å²) >= 11 is 0. The molecular formula is C15H29O4S2+. The molecule has 1 aliphatic rings. The monoisotopic (exact) mass is 337 g/mol. The molecule has 0 spiro atoms. The number of ketones is 1. The first-order valence-corrected chi connectivity index (χ1v) is 11.3. The Kier molecular flexibility index (Phi) is 8.90. The molecule has 6 heteroatoms. The van der Waals surface area contributed by atoms with Crippen molar-refractivity contribution in [2.75, 3.05) is 29.6 Å². The van der Waals surface area contributed by atoms with Crippen molar-refractivity contribution in [3.8, 4) is 0 Å². The van der Waals surface area contributed by atoms with Crippen LogP contribution >= 0.6 is 0 Å². The predicted molar refractivity (Wildman–Crippen MR) is 89.3 cm³/mol. The van der Waals surface area contributed by atoms with Crippen LogP contribution in [0, 0.1) is 5.92 Å². The summed E-state index contributed by atoms with van der Waals surface area (Å²) in [7, 11) is -3.10. The lowest BCUT2D eigenvalue weighted by Gasteiger charge is -2.09. The molecule has 0 radical (unpaired) electrons. The van der Waals surface area contributed by atoms with Crippen molar-refractivity contribution in [1.82, 2.24) is 0 Å². The average molecular weight is 338 g/mol. The van der Waals surface area contributed by atoms with Crippen molar-refractivity contribution in [3.05, 3.63) is 0 Å². The van der Waals surface area contributed by atoms with E-state index in [1.165, 1.54) is 11.5 Å². The Bertz CT molecular complexity index is 396. The minimum atomic E-state index is -3.54. The molecule has 0 saturated heterocycles. The quantitative estimate of drug-likeness (QED) is 0.330. The smallest absolute Gasteiger partial charge is 0.267 e.